The third-order valence-corrected chi connectivity index (χ3v) is 6.45. The molecule has 0 aromatic rings. The van der Waals surface area contributed by atoms with Crippen molar-refractivity contribution in [2.75, 3.05) is 0 Å². The molecule has 0 amide bonds. The van der Waals surface area contributed by atoms with E-state index in [-0.39, 0.29) is 37.4 Å². The van der Waals surface area contributed by atoms with E-state index >= 15 is 0 Å². The first kappa shape index (κ1) is 27.7. The zero-order valence-corrected chi connectivity index (χ0v) is 18.9. The van der Waals surface area contributed by atoms with Gasteiger partial charge in [-0.05, 0) is 31.6 Å². The number of carboxylic acid groups (broad SMARTS) is 1. The third kappa shape index (κ3) is 10.7. The molecule has 31 heavy (non-hydrogen) atoms. The molecule has 3 atom stereocenters. The van der Waals surface area contributed by atoms with Gasteiger partial charge < -0.3 is 10.2 Å². The Morgan fingerprint density at radius 1 is 0.935 bits per heavy atom. The molecule has 1 aliphatic rings. The molecular formula is C24H40F2O5. The van der Waals surface area contributed by atoms with Gasteiger partial charge in [-0.2, -0.15) is 8.78 Å². The first-order valence-electron chi connectivity index (χ1n) is 12.0. The fraction of sp³-hybridized carbons (Fsp3) is 0.875. The molecule has 0 aliphatic heterocycles. The average Bonchev–Trinajstić information content (AvgIpc) is 2.97. The SMILES string of the molecule is CCCCCCC(F)(F)C(=O)CC[C@H]1[C@H](O)CC(=O)[C@@H]1CCCCCCCCC(=O)O. The van der Waals surface area contributed by atoms with Crippen LogP contribution < -0.4 is 0 Å². The number of carbonyl (C=O) groups is 3. The van der Waals surface area contributed by atoms with E-state index < -0.39 is 36.1 Å². The summed E-state index contributed by atoms with van der Waals surface area (Å²) in [5, 5.41) is 18.8. The molecule has 180 valence electrons. The van der Waals surface area contributed by atoms with E-state index in [1.165, 1.54) is 0 Å². The van der Waals surface area contributed by atoms with Gasteiger partial charge in [-0.25, -0.2) is 0 Å². The highest BCUT2D eigenvalue weighted by molar-refractivity contribution is 5.86. The topological polar surface area (TPSA) is 91.7 Å². The lowest BCUT2D eigenvalue weighted by Gasteiger charge is -2.22. The lowest BCUT2D eigenvalue weighted by molar-refractivity contribution is -0.144. The maximum Gasteiger partial charge on any atom is 0.305 e. The number of aliphatic carboxylic acids is 1. The van der Waals surface area contributed by atoms with Crippen molar-refractivity contribution >= 4 is 17.5 Å². The molecule has 1 fully saturated rings. The minimum Gasteiger partial charge on any atom is -0.481 e. The molecule has 7 heteroatoms. The number of aliphatic hydroxyl groups is 1. The van der Waals surface area contributed by atoms with Crippen LogP contribution in [0.15, 0.2) is 0 Å². The summed E-state index contributed by atoms with van der Waals surface area (Å²) in [6.45, 7) is 2.00. The first-order chi connectivity index (χ1) is 14.7. The van der Waals surface area contributed by atoms with Crippen LogP contribution in [0.4, 0.5) is 8.78 Å². The minimum absolute atomic E-state index is 0.0299. The Bertz CT molecular complexity index is 564. The fourth-order valence-corrected chi connectivity index (χ4v) is 4.53. The van der Waals surface area contributed by atoms with Crippen LogP contribution in [0.2, 0.25) is 0 Å². The van der Waals surface area contributed by atoms with Crippen LogP contribution >= 0.6 is 0 Å². The number of aliphatic hydroxyl groups excluding tert-OH is 1. The number of carboxylic acids is 1. The number of Topliss-reactive ketones (excluding diaryl/α,β-unsaturated/α-hetero) is 2. The first-order valence-corrected chi connectivity index (χ1v) is 12.0. The molecule has 0 radical (unpaired) electrons. The molecule has 0 bridgehead atoms. The predicted molar refractivity (Wildman–Crippen MR) is 115 cm³/mol. The van der Waals surface area contributed by atoms with Crippen molar-refractivity contribution in [2.45, 2.75) is 122 Å². The Morgan fingerprint density at radius 2 is 1.55 bits per heavy atom. The molecule has 1 rings (SSSR count). The molecule has 0 saturated heterocycles. The van der Waals surface area contributed by atoms with Gasteiger partial charge in [0.05, 0.1) is 6.10 Å². The van der Waals surface area contributed by atoms with Crippen LogP contribution in [0.3, 0.4) is 0 Å². The van der Waals surface area contributed by atoms with Gasteiger partial charge in [0.1, 0.15) is 5.78 Å². The second-order valence-corrected chi connectivity index (χ2v) is 9.04. The van der Waals surface area contributed by atoms with Crippen LogP contribution in [0.1, 0.15) is 110 Å². The lowest BCUT2D eigenvalue weighted by atomic mass is 9.85. The van der Waals surface area contributed by atoms with Crippen molar-refractivity contribution in [3.8, 4) is 0 Å². The standard InChI is InChI=1S/C24H40F2O5/c1-2-3-4-11-16-24(25,26)22(29)15-14-19-18(20(27)17-21(19)28)12-9-7-5-6-8-10-13-23(30)31/h18-19,21,28H,2-17H2,1H3,(H,30,31)/t18-,19-,21-/m1/s1. The Balaban J connectivity index is 2.36. The molecule has 2 N–H and O–H groups in total. The van der Waals surface area contributed by atoms with Crippen molar-refractivity contribution in [3.05, 3.63) is 0 Å². The van der Waals surface area contributed by atoms with Crippen molar-refractivity contribution in [2.24, 2.45) is 11.8 Å². The molecule has 5 nitrogen and oxygen atoms in total. The zero-order chi connectivity index (χ0) is 23.3. The fourth-order valence-electron chi connectivity index (χ4n) is 4.53. The van der Waals surface area contributed by atoms with Crippen LogP contribution in [0, 0.1) is 11.8 Å². The van der Waals surface area contributed by atoms with E-state index in [0.29, 0.717) is 25.7 Å². The number of alkyl halides is 2. The van der Waals surface area contributed by atoms with E-state index in [1.54, 1.807) is 0 Å². The van der Waals surface area contributed by atoms with Crippen LogP contribution in [0.5, 0.6) is 0 Å². The summed E-state index contributed by atoms with van der Waals surface area (Å²) in [6, 6.07) is 0. The number of unbranched alkanes of at least 4 members (excludes halogenated alkanes) is 8. The number of ketones is 2. The van der Waals surface area contributed by atoms with Gasteiger partial charge in [0.2, 0.25) is 5.78 Å². The molecule has 0 unspecified atom stereocenters. The number of rotatable bonds is 18. The number of hydrogen-bond acceptors (Lipinski definition) is 4. The van der Waals surface area contributed by atoms with Crippen LogP contribution in [-0.2, 0) is 14.4 Å². The molecule has 0 spiro atoms. The summed E-state index contributed by atoms with van der Waals surface area (Å²) < 4.78 is 28.2. The highest BCUT2D eigenvalue weighted by Crippen LogP contribution is 2.37. The van der Waals surface area contributed by atoms with Gasteiger partial charge in [0.25, 0.3) is 0 Å². The van der Waals surface area contributed by atoms with E-state index in [9.17, 15) is 28.3 Å². The molecule has 1 saturated carbocycles. The normalized spacial score (nSPS) is 21.5. The maximum atomic E-state index is 14.1. The van der Waals surface area contributed by atoms with Gasteiger partial charge in [-0.1, -0.05) is 58.3 Å². The Morgan fingerprint density at radius 3 is 2.19 bits per heavy atom. The van der Waals surface area contributed by atoms with E-state index in [4.69, 9.17) is 5.11 Å². The second-order valence-electron chi connectivity index (χ2n) is 9.04. The summed E-state index contributed by atoms with van der Waals surface area (Å²) >= 11 is 0. The van der Waals surface area contributed by atoms with Crippen molar-refractivity contribution < 1.29 is 33.4 Å². The molecule has 1 aliphatic carbocycles. The van der Waals surface area contributed by atoms with Gasteiger partial charge in [0, 0.05) is 31.6 Å². The van der Waals surface area contributed by atoms with Crippen LogP contribution in [0.25, 0.3) is 0 Å². The molecule has 0 aromatic heterocycles. The summed E-state index contributed by atoms with van der Waals surface area (Å²) in [5.74, 6) is -5.97. The van der Waals surface area contributed by atoms with Gasteiger partial charge in [-0.3, -0.25) is 14.4 Å². The Hall–Kier alpha value is -1.37. The summed E-state index contributed by atoms with van der Waals surface area (Å²) in [6.07, 6.45) is 7.41. The van der Waals surface area contributed by atoms with Gasteiger partial charge in [-0.15, -0.1) is 0 Å². The minimum atomic E-state index is -3.32. The summed E-state index contributed by atoms with van der Waals surface area (Å²) in [4.78, 5) is 34.8. The largest absolute Gasteiger partial charge is 0.481 e. The smallest absolute Gasteiger partial charge is 0.305 e. The highest BCUT2D eigenvalue weighted by Gasteiger charge is 2.43. The van der Waals surface area contributed by atoms with Crippen molar-refractivity contribution in [1.82, 2.24) is 0 Å². The zero-order valence-electron chi connectivity index (χ0n) is 18.9. The quantitative estimate of drug-likeness (QED) is 0.263. The summed E-state index contributed by atoms with van der Waals surface area (Å²) in [7, 11) is 0. The predicted octanol–water partition coefficient (Wildman–Crippen LogP) is 5.71. The van der Waals surface area contributed by atoms with E-state index in [2.05, 4.69) is 0 Å². The summed E-state index contributed by atoms with van der Waals surface area (Å²) in [5.41, 5.74) is 0. The third-order valence-electron chi connectivity index (χ3n) is 6.45. The monoisotopic (exact) mass is 446 g/mol. The van der Waals surface area contributed by atoms with Crippen molar-refractivity contribution in [3.63, 3.8) is 0 Å². The Labute approximate surface area is 185 Å². The number of halogens is 2. The second kappa shape index (κ2) is 14.6. The molecular weight excluding hydrogens is 406 g/mol. The molecule has 0 heterocycles. The number of carbonyl (C=O) groups excluding carboxylic acids is 2. The van der Waals surface area contributed by atoms with E-state index in [1.807, 2.05) is 6.92 Å². The van der Waals surface area contributed by atoms with Crippen molar-refractivity contribution in [1.29, 1.82) is 0 Å². The van der Waals surface area contributed by atoms with Gasteiger partial charge in [0.15, 0.2) is 0 Å². The average molecular weight is 447 g/mol. The molecule has 0 aromatic carbocycles. The van der Waals surface area contributed by atoms with Crippen LogP contribution in [-0.4, -0.2) is 39.8 Å². The Kier molecular flexibility index (Phi) is 13.1. The number of hydrogen-bond donors (Lipinski definition) is 2. The lowest BCUT2D eigenvalue weighted by Crippen LogP contribution is -2.30. The maximum absolute atomic E-state index is 14.1. The highest BCUT2D eigenvalue weighted by atomic mass is 19.3. The van der Waals surface area contributed by atoms with Gasteiger partial charge >= 0.3 is 11.9 Å². The van der Waals surface area contributed by atoms with E-state index in [0.717, 1.165) is 44.9 Å².